The van der Waals surface area contributed by atoms with Gasteiger partial charge >= 0.3 is 5.97 Å². The van der Waals surface area contributed by atoms with Gasteiger partial charge in [0.05, 0.1) is 21.8 Å². The lowest BCUT2D eigenvalue weighted by Gasteiger charge is -2.11. The van der Waals surface area contributed by atoms with Crippen LogP contribution in [0.3, 0.4) is 0 Å². The number of carboxylic acid groups (broad SMARTS) is 1. The monoisotopic (exact) mass is 422 g/mol. The van der Waals surface area contributed by atoms with Crippen molar-refractivity contribution in [3.63, 3.8) is 0 Å². The van der Waals surface area contributed by atoms with E-state index >= 15 is 0 Å². The average molecular weight is 423 g/mol. The standard InChI is InChI=1S/C18H12ClFN2O5S/c19-14-3-1-2-4-16(14)27-12-5-7-13(8-6-12)28(25,26)22-15-9-11(20)10-21-17(15)18(23)24/h1-10,22H,(H,23,24). The van der Waals surface area contributed by atoms with Gasteiger partial charge in [-0.1, -0.05) is 23.7 Å². The van der Waals surface area contributed by atoms with E-state index in [2.05, 4.69) is 4.98 Å². The number of halogens is 2. The van der Waals surface area contributed by atoms with Gasteiger partial charge in [0.25, 0.3) is 10.0 Å². The first-order valence-corrected chi connectivity index (χ1v) is 9.56. The van der Waals surface area contributed by atoms with E-state index in [-0.39, 0.29) is 4.90 Å². The second kappa shape index (κ2) is 7.83. The Hall–Kier alpha value is -3.17. The van der Waals surface area contributed by atoms with Crippen molar-refractivity contribution in [2.24, 2.45) is 0 Å². The number of para-hydroxylation sites is 1. The molecular weight excluding hydrogens is 411 g/mol. The molecule has 0 aliphatic heterocycles. The minimum absolute atomic E-state index is 0.181. The molecule has 0 radical (unpaired) electrons. The van der Waals surface area contributed by atoms with Crippen LogP contribution in [0.4, 0.5) is 10.1 Å². The molecule has 1 aromatic heterocycles. The minimum Gasteiger partial charge on any atom is -0.476 e. The molecule has 10 heteroatoms. The van der Waals surface area contributed by atoms with Gasteiger partial charge < -0.3 is 9.84 Å². The molecule has 0 aliphatic carbocycles. The number of carbonyl (C=O) groups is 1. The largest absolute Gasteiger partial charge is 0.476 e. The zero-order valence-electron chi connectivity index (χ0n) is 14.0. The number of nitrogens with zero attached hydrogens (tertiary/aromatic N) is 1. The van der Waals surface area contributed by atoms with Gasteiger partial charge in [-0.2, -0.15) is 0 Å². The van der Waals surface area contributed by atoms with Gasteiger partial charge in [0.15, 0.2) is 5.69 Å². The molecular formula is C18H12ClFN2O5S. The van der Waals surface area contributed by atoms with Crippen LogP contribution in [0.1, 0.15) is 10.5 Å². The first-order valence-electron chi connectivity index (χ1n) is 7.70. The summed E-state index contributed by atoms with van der Waals surface area (Å²) in [4.78, 5) is 14.4. The summed E-state index contributed by atoms with van der Waals surface area (Å²) in [6.45, 7) is 0. The molecule has 0 saturated heterocycles. The fourth-order valence-corrected chi connectivity index (χ4v) is 3.46. The predicted octanol–water partition coefficient (Wildman–Crippen LogP) is 4.17. The molecule has 0 spiro atoms. The topological polar surface area (TPSA) is 106 Å². The number of aromatic nitrogens is 1. The molecule has 0 unspecified atom stereocenters. The van der Waals surface area contributed by atoms with Crippen LogP contribution in [0.15, 0.2) is 65.7 Å². The quantitative estimate of drug-likeness (QED) is 0.617. The van der Waals surface area contributed by atoms with Gasteiger partial charge in [-0.15, -0.1) is 0 Å². The molecule has 0 saturated carbocycles. The van der Waals surface area contributed by atoms with E-state index < -0.39 is 33.2 Å². The zero-order chi connectivity index (χ0) is 20.3. The zero-order valence-corrected chi connectivity index (χ0v) is 15.5. The van der Waals surface area contributed by atoms with Gasteiger partial charge in [-0.25, -0.2) is 22.6 Å². The van der Waals surface area contributed by atoms with Gasteiger partial charge in [-0.3, -0.25) is 4.72 Å². The molecule has 0 atom stereocenters. The van der Waals surface area contributed by atoms with Crippen molar-refractivity contribution >= 4 is 33.3 Å². The summed E-state index contributed by atoms with van der Waals surface area (Å²) in [6.07, 6.45) is 0.683. The SMILES string of the molecule is O=C(O)c1ncc(F)cc1NS(=O)(=O)c1ccc(Oc2ccccc2Cl)cc1. The summed E-state index contributed by atoms with van der Waals surface area (Å²) >= 11 is 6.01. The molecule has 2 aromatic carbocycles. The Labute approximate surface area is 164 Å². The summed E-state index contributed by atoms with van der Waals surface area (Å²) in [6, 6.07) is 12.8. The molecule has 0 bridgehead atoms. The summed E-state index contributed by atoms with van der Waals surface area (Å²) in [5.74, 6) is -1.65. The second-order valence-corrected chi connectivity index (χ2v) is 7.55. The first-order chi connectivity index (χ1) is 13.3. The molecule has 3 aromatic rings. The van der Waals surface area contributed by atoms with Gasteiger partial charge in [0.1, 0.15) is 17.3 Å². The van der Waals surface area contributed by atoms with Crippen molar-refractivity contribution in [3.8, 4) is 11.5 Å². The van der Waals surface area contributed by atoms with E-state index in [0.29, 0.717) is 22.7 Å². The summed E-state index contributed by atoms with van der Waals surface area (Å²) in [5.41, 5.74) is -1.10. The van der Waals surface area contributed by atoms with Crippen molar-refractivity contribution in [3.05, 3.63) is 77.3 Å². The van der Waals surface area contributed by atoms with Crippen LogP contribution in [0.25, 0.3) is 0 Å². The maximum Gasteiger partial charge on any atom is 0.356 e. The normalized spacial score (nSPS) is 11.1. The van der Waals surface area contributed by atoms with Crippen molar-refractivity contribution in [2.45, 2.75) is 4.90 Å². The van der Waals surface area contributed by atoms with Gasteiger partial charge in [-0.05, 0) is 36.4 Å². The number of pyridine rings is 1. The third-order valence-corrected chi connectivity index (χ3v) is 5.19. The highest BCUT2D eigenvalue weighted by Gasteiger charge is 2.20. The lowest BCUT2D eigenvalue weighted by atomic mass is 10.3. The number of ether oxygens (including phenoxy) is 1. The lowest BCUT2D eigenvalue weighted by Crippen LogP contribution is -2.16. The van der Waals surface area contributed by atoms with E-state index in [1.54, 1.807) is 24.3 Å². The highest BCUT2D eigenvalue weighted by atomic mass is 35.5. The van der Waals surface area contributed by atoms with E-state index in [1.165, 1.54) is 24.3 Å². The molecule has 3 rings (SSSR count). The number of hydrogen-bond donors (Lipinski definition) is 2. The Morgan fingerprint density at radius 2 is 1.82 bits per heavy atom. The average Bonchev–Trinajstić information content (AvgIpc) is 2.63. The van der Waals surface area contributed by atoms with Crippen molar-refractivity contribution in [1.82, 2.24) is 4.98 Å². The van der Waals surface area contributed by atoms with Crippen molar-refractivity contribution in [2.75, 3.05) is 4.72 Å². The molecule has 0 amide bonds. The third-order valence-electron chi connectivity index (χ3n) is 3.50. The molecule has 7 nitrogen and oxygen atoms in total. The van der Waals surface area contributed by atoms with Crippen LogP contribution in [-0.4, -0.2) is 24.5 Å². The number of aromatic carboxylic acids is 1. The summed E-state index contributed by atoms with van der Waals surface area (Å²) in [7, 11) is -4.19. The fourth-order valence-electron chi connectivity index (χ4n) is 2.23. The van der Waals surface area contributed by atoms with Gasteiger partial charge in [0.2, 0.25) is 0 Å². The Balaban J connectivity index is 1.84. The molecule has 0 fully saturated rings. The molecule has 144 valence electrons. The maximum atomic E-state index is 13.4. The van der Waals surface area contributed by atoms with Crippen LogP contribution in [0.2, 0.25) is 5.02 Å². The second-order valence-electron chi connectivity index (χ2n) is 5.46. The Bertz CT molecular complexity index is 1140. The van der Waals surface area contributed by atoms with Crippen LogP contribution in [0, 0.1) is 5.82 Å². The highest BCUT2D eigenvalue weighted by molar-refractivity contribution is 7.92. The minimum atomic E-state index is -4.19. The van der Waals surface area contributed by atoms with E-state index in [4.69, 9.17) is 21.4 Å². The van der Waals surface area contributed by atoms with Crippen LogP contribution in [-0.2, 0) is 10.0 Å². The lowest BCUT2D eigenvalue weighted by molar-refractivity contribution is 0.0691. The predicted molar refractivity (Wildman–Crippen MR) is 99.9 cm³/mol. The Kier molecular flexibility index (Phi) is 5.48. The Morgan fingerprint density at radius 1 is 1.14 bits per heavy atom. The number of benzene rings is 2. The van der Waals surface area contributed by atoms with Crippen LogP contribution in [0.5, 0.6) is 11.5 Å². The molecule has 0 aliphatic rings. The number of hydrogen-bond acceptors (Lipinski definition) is 5. The molecule has 28 heavy (non-hydrogen) atoms. The smallest absolute Gasteiger partial charge is 0.356 e. The van der Waals surface area contributed by atoms with E-state index in [1.807, 2.05) is 4.72 Å². The third kappa shape index (κ3) is 4.38. The van der Waals surface area contributed by atoms with Crippen molar-refractivity contribution < 1.29 is 27.4 Å². The van der Waals surface area contributed by atoms with Gasteiger partial charge in [0, 0.05) is 6.07 Å². The number of sulfonamides is 1. The first kappa shape index (κ1) is 19.6. The van der Waals surface area contributed by atoms with Crippen LogP contribution < -0.4 is 9.46 Å². The van der Waals surface area contributed by atoms with Crippen molar-refractivity contribution in [1.29, 1.82) is 0 Å². The number of anilines is 1. The van der Waals surface area contributed by atoms with Crippen LogP contribution >= 0.6 is 11.6 Å². The highest BCUT2D eigenvalue weighted by Crippen LogP contribution is 2.29. The number of rotatable bonds is 6. The van der Waals surface area contributed by atoms with E-state index in [0.717, 1.165) is 6.07 Å². The maximum absolute atomic E-state index is 13.4. The molecule has 1 heterocycles. The summed E-state index contributed by atoms with van der Waals surface area (Å²) < 4.78 is 46.0. The number of carboxylic acids is 1. The van der Waals surface area contributed by atoms with E-state index in [9.17, 15) is 17.6 Å². The summed E-state index contributed by atoms with van der Waals surface area (Å²) in [5, 5.41) is 9.47. The molecule has 2 N–H and O–H groups in total. The fraction of sp³-hybridized carbons (Fsp3) is 0. The number of nitrogens with one attached hydrogen (secondary N) is 1. The Morgan fingerprint density at radius 3 is 2.46 bits per heavy atom.